The fourth-order valence-electron chi connectivity index (χ4n) is 2.24. The van der Waals surface area contributed by atoms with E-state index in [4.69, 9.17) is 5.26 Å². The van der Waals surface area contributed by atoms with Crippen LogP contribution in [0.5, 0.6) is 0 Å². The number of amides is 1. The first kappa shape index (κ1) is 16.9. The predicted molar refractivity (Wildman–Crippen MR) is 81.1 cm³/mol. The molecular formula is C15H22N4O2. The second kappa shape index (κ2) is 8.22. The molecule has 3 N–H and O–H groups in total. The number of nitrogens with zero attached hydrogens (tertiary/aromatic N) is 1. The third-order valence-corrected chi connectivity index (χ3v) is 3.45. The standard InChI is InChI=1S/C15H22N4O2/c1-10-12(11(2)19-15(21)13(10)9-16)5-6-14(20)18-8-4-7-17-3/h17H,4-8H2,1-3H3,(H,18,20)(H,19,21). The van der Waals surface area contributed by atoms with Gasteiger partial charge in [0, 0.05) is 18.7 Å². The number of aromatic nitrogens is 1. The average Bonchev–Trinajstić information content (AvgIpc) is 2.43. The number of carbonyl (C=O) groups excluding carboxylic acids is 1. The third kappa shape index (κ3) is 4.72. The van der Waals surface area contributed by atoms with Gasteiger partial charge < -0.3 is 15.6 Å². The largest absolute Gasteiger partial charge is 0.356 e. The van der Waals surface area contributed by atoms with Gasteiger partial charge in [-0.3, -0.25) is 9.59 Å². The molecule has 0 aliphatic rings. The Hall–Kier alpha value is -2.13. The smallest absolute Gasteiger partial charge is 0.266 e. The Kier molecular flexibility index (Phi) is 6.63. The molecule has 114 valence electrons. The van der Waals surface area contributed by atoms with Crippen molar-refractivity contribution in [2.24, 2.45) is 0 Å². The summed E-state index contributed by atoms with van der Waals surface area (Å²) in [6, 6.07) is 1.92. The fourth-order valence-corrected chi connectivity index (χ4v) is 2.24. The molecule has 21 heavy (non-hydrogen) atoms. The molecule has 0 atom stereocenters. The lowest BCUT2D eigenvalue weighted by Crippen LogP contribution is -2.27. The molecule has 1 heterocycles. The highest BCUT2D eigenvalue weighted by Crippen LogP contribution is 2.14. The van der Waals surface area contributed by atoms with E-state index in [9.17, 15) is 9.59 Å². The highest BCUT2D eigenvalue weighted by Gasteiger charge is 2.13. The summed E-state index contributed by atoms with van der Waals surface area (Å²) >= 11 is 0. The van der Waals surface area contributed by atoms with E-state index in [1.165, 1.54) is 0 Å². The van der Waals surface area contributed by atoms with E-state index in [0.717, 1.165) is 24.2 Å². The lowest BCUT2D eigenvalue weighted by atomic mass is 9.99. The van der Waals surface area contributed by atoms with Crippen LogP contribution < -0.4 is 16.2 Å². The van der Waals surface area contributed by atoms with Crippen LogP contribution in [-0.4, -0.2) is 31.0 Å². The number of aryl methyl sites for hydroxylation is 1. The number of hydrogen-bond acceptors (Lipinski definition) is 4. The topological polar surface area (TPSA) is 97.8 Å². The van der Waals surface area contributed by atoms with Crippen molar-refractivity contribution in [3.05, 3.63) is 32.7 Å². The first-order valence-corrected chi connectivity index (χ1v) is 7.05. The molecule has 1 aromatic heterocycles. The summed E-state index contributed by atoms with van der Waals surface area (Å²) in [7, 11) is 1.87. The zero-order chi connectivity index (χ0) is 15.8. The SMILES string of the molecule is CNCCCNC(=O)CCc1c(C)[nH]c(=O)c(C#N)c1C. The molecule has 6 heteroatoms. The van der Waals surface area contributed by atoms with Gasteiger partial charge in [0.1, 0.15) is 11.6 Å². The minimum absolute atomic E-state index is 0.0189. The van der Waals surface area contributed by atoms with Crippen LogP contribution in [0.2, 0.25) is 0 Å². The van der Waals surface area contributed by atoms with Crippen molar-refractivity contribution in [3.8, 4) is 6.07 Å². The Morgan fingerprint density at radius 3 is 2.67 bits per heavy atom. The molecule has 1 aromatic rings. The number of pyridine rings is 1. The Balaban J connectivity index is 2.66. The summed E-state index contributed by atoms with van der Waals surface area (Å²) in [5.74, 6) is -0.0189. The molecular weight excluding hydrogens is 268 g/mol. The Morgan fingerprint density at radius 2 is 2.05 bits per heavy atom. The van der Waals surface area contributed by atoms with Gasteiger partial charge in [-0.15, -0.1) is 0 Å². The van der Waals surface area contributed by atoms with Gasteiger partial charge in [-0.25, -0.2) is 0 Å². The number of nitrogens with one attached hydrogen (secondary N) is 3. The highest BCUT2D eigenvalue weighted by molar-refractivity contribution is 5.76. The summed E-state index contributed by atoms with van der Waals surface area (Å²) in [5, 5.41) is 14.9. The van der Waals surface area contributed by atoms with E-state index in [1.807, 2.05) is 13.1 Å². The maximum Gasteiger partial charge on any atom is 0.266 e. The molecule has 0 saturated heterocycles. The van der Waals surface area contributed by atoms with Gasteiger partial charge in [0.15, 0.2) is 0 Å². The second-order valence-corrected chi connectivity index (χ2v) is 4.98. The number of H-pyrrole nitrogens is 1. The zero-order valence-electron chi connectivity index (χ0n) is 12.8. The zero-order valence-corrected chi connectivity index (χ0v) is 12.8. The van der Waals surface area contributed by atoms with Crippen LogP contribution in [0.4, 0.5) is 0 Å². The summed E-state index contributed by atoms with van der Waals surface area (Å²) in [6.45, 7) is 5.05. The van der Waals surface area contributed by atoms with Crippen molar-refractivity contribution in [3.63, 3.8) is 0 Å². The number of rotatable bonds is 7. The van der Waals surface area contributed by atoms with Gasteiger partial charge in [-0.05, 0) is 51.4 Å². The second-order valence-electron chi connectivity index (χ2n) is 4.98. The number of nitriles is 1. The van der Waals surface area contributed by atoms with Gasteiger partial charge >= 0.3 is 0 Å². The monoisotopic (exact) mass is 290 g/mol. The summed E-state index contributed by atoms with van der Waals surface area (Å²) in [4.78, 5) is 26.0. The molecule has 0 radical (unpaired) electrons. The number of carbonyl (C=O) groups is 1. The molecule has 1 rings (SSSR count). The van der Waals surface area contributed by atoms with Gasteiger partial charge in [-0.1, -0.05) is 0 Å². The lowest BCUT2D eigenvalue weighted by Gasteiger charge is -2.11. The van der Waals surface area contributed by atoms with Crippen LogP contribution in [0.25, 0.3) is 0 Å². The minimum atomic E-state index is -0.368. The Bertz CT molecular complexity index is 599. The summed E-state index contributed by atoms with van der Waals surface area (Å²) in [6.07, 6.45) is 1.75. The van der Waals surface area contributed by atoms with E-state index in [1.54, 1.807) is 13.8 Å². The van der Waals surface area contributed by atoms with Crippen molar-refractivity contribution in [2.45, 2.75) is 33.1 Å². The first-order valence-electron chi connectivity index (χ1n) is 7.05. The molecule has 0 saturated carbocycles. The highest BCUT2D eigenvalue weighted by atomic mass is 16.1. The molecule has 0 spiro atoms. The van der Waals surface area contributed by atoms with Gasteiger partial charge in [-0.2, -0.15) is 5.26 Å². The summed E-state index contributed by atoms with van der Waals surface area (Å²) < 4.78 is 0. The fraction of sp³-hybridized carbons (Fsp3) is 0.533. The lowest BCUT2D eigenvalue weighted by molar-refractivity contribution is -0.121. The van der Waals surface area contributed by atoms with Crippen molar-refractivity contribution in [1.29, 1.82) is 5.26 Å². The van der Waals surface area contributed by atoms with Crippen molar-refractivity contribution < 1.29 is 4.79 Å². The molecule has 0 fully saturated rings. The molecule has 0 aliphatic carbocycles. The van der Waals surface area contributed by atoms with Crippen molar-refractivity contribution in [1.82, 2.24) is 15.6 Å². The molecule has 6 nitrogen and oxygen atoms in total. The van der Waals surface area contributed by atoms with Gasteiger partial charge in [0.25, 0.3) is 5.56 Å². The van der Waals surface area contributed by atoms with Crippen LogP contribution in [0.15, 0.2) is 4.79 Å². The molecule has 0 bridgehead atoms. The Labute approximate surface area is 124 Å². The normalized spacial score (nSPS) is 10.2. The van der Waals surface area contributed by atoms with E-state index >= 15 is 0 Å². The van der Waals surface area contributed by atoms with Gasteiger partial charge in [0.05, 0.1) is 0 Å². The minimum Gasteiger partial charge on any atom is -0.356 e. The molecule has 0 unspecified atom stereocenters. The molecule has 0 aliphatic heterocycles. The average molecular weight is 290 g/mol. The van der Waals surface area contributed by atoms with Crippen LogP contribution in [-0.2, 0) is 11.2 Å². The molecule has 0 aromatic carbocycles. The molecule has 1 amide bonds. The summed E-state index contributed by atoms with van der Waals surface area (Å²) in [5.41, 5.74) is 2.02. The van der Waals surface area contributed by atoms with E-state index in [0.29, 0.717) is 24.9 Å². The third-order valence-electron chi connectivity index (χ3n) is 3.45. The van der Waals surface area contributed by atoms with Crippen LogP contribution in [0, 0.1) is 25.2 Å². The van der Waals surface area contributed by atoms with Crippen molar-refractivity contribution in [2.75, 3.05) is 20.1 Å². The van der Waals surface area contributed by atoms with E-state index in [-0.39, 0.29) is 17.0 Å². The quantitative estimate of drug-likeness (QED) is 0.638. The Morgan fingerprint density at radius 1 is 1.33 bits per heavy atom. The van der Waals surface area contributed by atoms with Gasteiger partial charge in [0.2, 0.25) is 5.91 Å². The van der Waals surface area contributed by atoms with E-state index < -0.39 is 0 Å². The maximum atomic E-state index is 11.8. The predicted octanol–water partition coefficient (Wildman–Crippen LogP) is 0.522. The maximum absolute atomic E-state index is 11.8. The van der Waals surface area contributed by atoms with Crippen LogP contribution in [0.3, 0.4) is 0 Å². The van der Waals surface area contributed by atoms with Crippen molar-refractivity contribution >= 4 is 5.91 Å². The van der Waals surface area contributed by atoms with Crippen LogP contribution in [0.1, 0.15) is 35.2 Å². The van der Waals surface area contributed by atoms with Crippen LogP contribution >= 0.6 is 0 Å². The first-order chi connectivity index (χ1) is 10.0. The van der Waals surface area contributed by atoms with E-state index in [2.05, 4.69) is 15.6 Å². The number of aromatic amines is 1. The number of hydrogen-bond donors (Lipinski definition) is 3.